The second-order valence-electron chi connectivity index (χ2n) is 3.14. The molecule has 0 amide bonds. The fraction of sp³-hybridized carbons (Fsp3) is 0.500. The third-order valence-electron chi connectivity index (χ3n) is 1.82. The largest absolute Gasteiger partial charge is 0.368 e. The minimum Gasteiger partial charge on any atom is -0.368 e. The topological polar surface area (TPSA) is 104 Å². The molecule has 0 saturated heterocycles. The molecule has 0 aliphatic carbocycles. The lowest BCUT2D eigenvalue weighted by molar-refractivity contribution is 0.584. The first-order valence-corrected chi connectivity index (χ1v) is 6.93. The van der Waals surface area contributed by atoms with Crippen molar-refractivity contribution < 1.29 is 8.42 Å². The number of sulfonamides is 1. The molecule has 7 nitrogen and oxygen atoms in total. The molecule has 0 bridgehead atoms. The molecule has 0 spiro atoms. The molecule has 0 unspecified atom stereocenters. The van der Waals surface area contributed by atoms with E-state index < -0.39 is 15.6 Å². The van der Waals surface area contributed by atoms with Gasteiger partial charge in [0.2, 0.25) is 10.0 Å². The average Bonchev–Trinajstić information content (AvgIpc) is 2.24. The number of rotatable bonds is 6. The zero-order chi connectivity index (χ0) is 12.9. The number of aromatic nitrogens is 2. The molecule has 17 heavy (non-hydrogen) atoms. The Morgan fingerprint density at radius 1 is 1.53 bits per heavy atom. The molecule has 1 aromatic rings. The lowest BCUT2D eigenvalue weighted by Gasteiger charge is -2.07. The molecule has 0 radical (unpaired) electrons. The molecule has 9 heteroatoms. The Kier molecular flexibility index (Phi) is 4.91. The number of H-pyrrole nitrogens is 1. The maximum absolute atomic E-state index is 11.3. The van der Waals surface area contributed by atoms with E-state index in [0.29, 0.717) is 6.54 Å². The molecule has 0 fully saturated rings. The first-order chi connectivity index (χ1) is 7.96. The van der Waals surface area contributed by atoms with Crippen LogP contribution in [0.25, 0.3) is 0 Å². The van der Waals surface area contributed by atoms with Crippen molar-refractivity contribution in [2.24, 2.45) is 0 Å². The Labute approximate surface area is 104 Å². The molecular weight excluding hydrogens is 268 g/mol. The second kappa shape index (κ2) is 5.99. The van der Waals surface area contributed by atoms with E-state index in [1.807, 2.05) is 0 Å². The highest BCUT2D eigenvalue weighted by molar-refractivity contribution is 7.89. The number of hydrogen-bond donors (Lipinski definition) is 3. The van der Waals surface area contributed by atoms with Gasteiger partial charge in [-0.2, -0.15) is 0 Å². The molecule has 0 aliphatic rings. The highest BCUT2D eigenvalue weighted by Gasteiger charge is 2.09. The third-order valence-corrected chi connectivity index (χ3v) is 3.64. The van der Waals surface area contributed by atoms with Crippen molar-refractivity contribution >= 4 is 27.4 Å². The Morgan fingerprint density at radius 3 is 2.88 bits per heavy atom. The van der Waals surface area contributed by atoms with Crippen LogP contribution in [0.3, 0.4) is 0 Å². The van der Waals surface area contributed by atoms with Gasteiger partial charge in [-0.3, -0.25) is 4.79 Å². The summed E-state index contributed by atoms with van der Waals surface area (Å²) in [7, 11) is -3.29. The van der Waals surface area contributed by atoms with Crippen LogP contribution < -0.4 is 15.6 Å². The van der Waals surface area contributed by atoms with E-state index in [4.69, 9.17) is 11.6 Å². The summed E-state index contributed by atoms with van der Waals surface area (Å²) in [5.41, 5.74) is -0.473. The molecule has 0 atom stereocenters. The van der Waals surface area contributed by atoms with Gasteiger partial charge in [-0.1, -0.05) is 18.5 Å². The van der Waals surface area contributed by atoms with Gasteiger partial charge in [-0.25, -0.2) is 18.1 Å². The van der Waals surface area contributed by atoms with Crippen molar-refractivity contribution in [1.29, 1.82) is 0 Å². The molecule has 0 saturated carbocycles. The first-order valence-electron chi connectivity index (χ1n) is 4.90. The molecule has 3 N–H and O–H groups in total. The summed E-state index contributed by atoms with van der Waals surface area (Å²) in [6.45, 7) is 2.15. The van der Waals surface area contributed by atoms with Crippen LogP contribution in [0.5, 0.6) is 0 Å². The quantitative estimate of drug-likeness (QED) is 0.668. The highest BCUT2D eigenvalue weighted by atomic mass is 35.5. The summed E-state index contributed by atoms with van der Waals surface area (Å²) < 4.78 is 24.9. The zero-order valence-electron chi connectivity index (χ0n) is 9.16. The summed E-state index contributed by atoms with van der Waals surface area (Å²) >= 11 is 5.67. The number of halogens is 1. The maximum Gasteiger partial charge on any atom is 0.271 e. The van der Waals surface area contributed by atoms with Crippen molar-refractivity contribution in [1.82, 2.24) is 14.7 Å². The zero-order valence-corrected chi connectivity index (χ0v) is 10.7. The van der Waals surface area contributed by atoms with Gasteiger partial charge in [0.15, 0.2) is 5.82 Å². The van der Waals surface area contributed by atoms with E-state index in [-0.39, 0.29) is 23.1 Å². The van der Waals surface area contributed by atoms with Crippen LogP contribution in [0.15, 0.2) is 11.1 Å². The minimum atomic E-state index is -3.29. The number of nitrogens with zero attached hydrogens (tertiary/aromatic N) is 1. The van der Waals surface area contributed by atoms with Gasteiger partial charge in [0.1, 0.15) is 5.02 Å². The molecular formula is C8H13ClN4O3S. The number of hydrogen-bond acceptors (Lipinski definition) is 5. The summed E-state index contributed by atoms with van der Waals surface area (Å²) in [5.74, 6) is 0.0492. The van der Waals surface area contributed by atoms with Gasteiger partial charge in [0, 0.05) is 13.1 Å². The summed E-state index contributed by atoms with van der Waals surface area (Å²) in [6.07, 6.45) is 1.19. The van der Waals surface area contributed by atoms with Gasteiger partial charge >= 0.3 is 0 Å². The Balaban J connectivity index is 2.58. The van der Waals surface area contributed by atoms with Gasteiger partial charge < -0.3 is 10.3 Å². The van der Waals surface area contributed by atoms with Gasteiger partial charge in [-0.15, -0.1) is 0 Å². The second-order valence-corrected chi connectivity index (χ2v) is 5.44. The van der Waals surface area contributed by atoms with E-state index in [1.165, 1.54) is 6.33 Å². The van der Waals surface area contributed by atoms with Gasteiger partial charge in [0.25, 0.3) is 5.56 Å². The van der Waals surface area contributed by atoms with Crippen LogP contribution in [0, 0.1) is 0 Å². The average molecular weight is 281 g/mol. The smallest absolute Gasteiger partial charge is 0.271 e. The SMILES string of the molecule is CCNS(=O)(=O)CCNc1nc[nH]c(=O)c1Cl. The number of nitrogens with one attached hydrogen (secondary N) is 3. The minimum absolute atomic E-state index is 0.0895. The predicted molar refractivity (Wildman–Crippen MR) is 65.8 cm³/mol. The predicted octanol–water partition coefficient (Wildman–Crippen LogP) is -0.226. The lowest BCUT2D eigenvalue weighted by Crippen LogP contribution is -2.29. The van der Waals surface area contributed by atoms with E-state index in [9.17, 15) is 13.2 Å². The van der Waals surface area contributed by atoms with Crippen molar-refractivity contribution in [2.75, 3.05) is 24.2 Å². The highest BCUT2D eigenvalue weighted by Crippen LogP contribution is 2.11. The maximum atomic E-state index is 11.3. The van der Waals surface area contributed by atoms with E-state index in [0.717, 1.165) is 0 Å². The normalized spacial score (nSPS) is 11.4. The van der Waals surface area contributed by atoms with E-state index in [1.54, 1.807) is 6.92 Å². The molecule has 1 aromatic heterocycles. The van der Waals surface area contributed by atoms with Crippen molar-refractivity contribution in [3.8, 4) is 0 Å². The van der Waals surface area contributed by atoms with E-state index in [2.05, 4.69) is 20.0 Å². The van der Waals surface area contributed by atoms with Crippen LogP contribution >= 0.6 is 11.6 Å². The molecule has 1 heterocycles. The summed E-state index contributed by atoms with van der Waals surface area (Å²) in [6, 6.07) is 0. The molecule has 96 valence electrons. The summed E-state index contributed by atoms with van der Waals surface area (Å²) in [5, 5.41) is 2.60. The molecule has 0 aromatic carbocycles. The molecule has 1 rings (SSSR count). The lowest BCUT2D eigenvalue weighted by atomic mass is 10.5. The van der Waals surface area contributed by atoms with Crippen LogP contribution in [0.4, 0.5) is 5.82 Å². The monoisotopic (exact) mass is 280 g/mol. The van der Waals surface area contributed by atoms with Gasteiger partial charge in [0.05, 0.1) is 12.1 Å². The standard InChI is InChI=1S/C8H13ClN4O3S/c1-2-13-17(15,16)4-3-10-7-6(9)8(14)12-5-11-7/h5,13H,2-4H2,1H3,(H2,10,11,12,14). The van der Waals surface area contributed by atoms with E-state index >= 15 is 0 Å². The third kappa shape index (κ3) is 4.33. The van der Waals surface area contributed by atoms with Crippen LogP contribution in [0.2, 0.25) is 5.02 Å². The van der Waals surface area contributed by atoms with Crippen molar-refractivity contribution in [3.05, 3.63) is 21.7 Å². The van der Waals surface area contributed by atoms with Crippen LogP contribution in [0.1, 0.15) is 6.92 Å². The van der Waals surface area contributed by atoms with Gasteiger partial charge in [-0.05, 0) is 0 Å². The Hall–Kier alpha value is -1.12. The first kappa shape index (κ1) is 13.9. The number of aromatic amines is 1. The Bertz CT molecular complexity index is 528. The fourth-order valence-corrected chi connectivity index (χ4v) is 2.23. The Morgan fingerprint density at radius 2 is 2.24 bits per heavy atom. The molecule has 0 aliphatic heterocycles. The van der Waals surface area contributed by atoms with Crippen molar-refractivity contribution in [2.45, 2.75) is 6.92 Å². The van der Waals surface area contributed by atoms with Crippen LogP contribution in [-0.4, -0.2) is 37.2 Å². The summed E-state index contributed by atoms with van der Waals surface area (Å²) in [4.78, 5) is 17.2. The fourth-order valence-electron chi connectivity index (χ4n) is 1.10. The van der Waals surface area contributed by atoms with Crippen LogP contribution in [-0.2, 0) is 10.0 Å². The van der Waals surface area contributed by atoms with Crippen molar-refractivity contribution in [3.63, 3.8) is 0 Å². The number of anilines is 1.